The molecule has 114 valence electrons. The van der Waals surface area contributed by atoms with E-state index in [2.05, 4.69) is 5.32 Å². The summed E-state index contributed by atoms with van der Waals surface area (Å²) in [7, 11) is 3.11. The summed E-state index contributed by atoms with van der Waals surface area (Å²) in [5.41, 5.74) is 7.79. The third kappa shape index (κ3) is 4.28. The summed E-state index contributed by atoms with van der Waals surface area (Å²) in [6.07, 6.45) is 3.17. The van der Waals surface area contributed by atoms with E-state index in [0.717, 1.165) is 5.56 Å². The van der Waals surface area contributed by atoms with Gasteiger partial charge < -0.3 is 20.5 Å². The molecule has 0 aliphatic rings. The maximum Gasteiger partial charge on any atom is 0.248 e. The van der Waals surface area contributed by atoms with Crippen molar-refractivity contribution < 1.29 is 14.3 Å². The Hall–Kier alpha value is -2.95. The molecule has 0 atom stereocenters. The third-order valence-corrected chi connectivity index (χ3v) is 2.98. The molecule has 2 rings (SSSR count). The third-order valence-electron chi connectivity index (χ3n) is 2.98. The Bertz CT molecular complexity index is 657. The van der Waals surface area contributed by atoms with Crippen molar-refractivity contribution in [2.75, 3.05) is 25.3 Å². The number of carbonyl (C=O) groups is 1. The molecule has 0 aliphatic carbocycles. The molecule has 0 aliphatic heterocycles. The van der Waals surface area contributed by atoms with Gasteiger partial charge in [-0.1, -0.05) is 12.1 Å². The van der Waals surface area contributed by atoms with Crippen LogP contribution in [-0.4, -0.2) is 20.1 Å². The Morgan fingerprint density at radius 1 is 1.05 bits per heavy atom. The van der Waals surface area contributed by atoms with Gasteiger partial charge in [0.05, 0.1) is 14.2 Å². The second kappa shape index (κ2) is 7.17. The number of amides is 1. The average Bonchev–Trinajstić information content (AvgIpc) is 2.54. The Morgan fingerprint density at radius 3 is 2.18 bits per heavy atom. The van der Waals surface area contributed by atoms with Crippen LogP contribution in [0, 0.1) is 0 Å². The molecule has 3 N–H and O–H groups in total. The van der Waals surface area contributed by atoms with Gasteiger partial charge in [0.15, 0.2) is 0 Å². The first-order valence-corrected chi connectivity index (χ1v) is 6.68. The molecule has 5 heteroatoms. The Labute approximate surface area is 129 Å². The molecule has 0 fully saturated rings. The van der Waals surface area contributed by atoms with Crippen LogP contribution in [0.25, 0.3) is 6.08 Å². The van der Waals surface area contributed by atoms with Crippen LogP contribution in [0.1, 0.15) is 5.56 Å². The minimum atomic E-state index is -0.243. The van der Waals surface area contributed by atoms with Crippen LogP contribution >= 0.6 is 0 Å². The van der Waals surface area contributed by atoms with Gasteiger partial charge >= 0.3 is 0 Å². The lowest BCUT2D eigenvalue weighted by Crippen LogP contribution is -2.08. The molecular weight excluding hydrogens is 280 g/mol. The molecule has 0 saturated carbocycles. The predicted octanol–water partition coefficient (Wildman–Crippen LogP) is 2.94. The second-order valence-electron chi connectivity index (χ2n) is 4.59. The number of nitrogens with one attached hydrogen (secondary N) is 1. The minimum absolute atomic E-state index is 0.243. The number of rotatable bonds is 5. The Balaban J connectivity index is 2.06. The number of benzene rings is 2. The smallest absolute Gasteiger partial charge is 0.248 e. The number of carbonyl (C=O) groups excluding carboxylic acids is 1. The van der Waals surface area contributed by atoms with Gasteiger partial charge in [0, 0.05) is 35.6 Å². The zero-order chi connectivity index (χ0) is 15.9. The van der Waals surface area contributed by atoms with Gasteiger partial charge in [-0.25, -0.2) is 0 Å². The van der Waals surface area contributed by atoms with Crippen LogP contribution in [0.3, 0.4) is 0 Å². The van der Waals surface area contributed by atoms with Crippen LogP contribution < -0.4 is 20.5 Å². The normalized spacial score (nSPS) is 10.5. The quantitative estimate of drug-likeness (QED) is 0.657. The molecule has 0 spiro atoms. The maximum absolute atomic E-state index is 11.9. The van der Waals surface area contributed by atoms with Crippen LogP contribution in [0.15, 0.2) is 48.5 Å². The lowest BCUT2D eigenvalue weighted by atomic mass is 10.2. The zero-order valence-corrected chi connectivity index (χ0v) is 12.5. The first-order chi connectivity index (χ1) is 10.6. The lowest BCUT2D eigenvalue weighted by molar-refractivity contribution is -0.111. The van der Waals surface area contributed by atoms with E-state index in [1.54, 1.807) is 50.6 Å². The van der Waals surface area contributed by atoms with Gasteiger partial charge in [-0.3, -0.25) is 4.79 Å². The van der Waals surface area contributed by atoms with Gasteiger partial charge in [-0.05, 0) is 23.8 Å². The van der Waals surface area contributed by atoms with E-state index in [4.69, 9.17) is 15.2 Å². The van der Waals surface area contributed by atoms with Crippen molar-refractivity contribution in [3.63, 3.8) is 0 Å². The highest BCUT2D eigenvalue weighted by atomic mass is 16.5. The largest absolute Gasteiger partial charge is 0.497 e. The van der Waals surface area contributed by atoms with Crippen molar-refractivity contribution in [1.29, 1.82) is 0 Å². The summed E-state index contributed by atoms with van der Waals surface area (Å²) >= 11 is 0. The molecule has 1 amide bonds. The predicted molar refractivity (Wildman–Crippen MR) is 88.1 cm³/mol. The zero-order valence-electron chi connectivity index (χ0n) is 12.5. The lowest BCUT2D eigenvalue weighted by Gasteiger charge is -2.08. The molecular formula is C17H18N2O3. The fourth-order valence-electron chi connectivity index (χ4n) is 1.84. The van der Waals surface area contributed by atoms with Gasteiger partial charge in [0.2, 0.25) is 5.91 Å². The summed E-state index contributed by atoms with van der Waals surface area (Å²) in [4.78, 5) is 11.9. The van der Waals surface area contributed by atoms with Crippen molar-refractivity contribution in [3.8, 4) is 11.5 Å². The van der Waals surface area contributed by atoms with Crippen LogP contribution in [0.2, 0.25) is 0 Å². The minimum Gasteiger partial charge on any atom is -0.497 e. The first-order valence-electron chi connectivity index (χ1n) is 6.68. The number of methoxy groups -OCH3 is 2. The number of hydrogen-bond donors (Lipinski definition) is 2. The highest BCUT2D eigenvalue weighted by molar-refractivity contribution is 6.02. The molecule has 2 aromatic rings. The summed E-state index contributed by atoms with van der Waals surface area (Å²) < 4.78 is 10.3. The van der Waals surface area contributed by atoms with E-state index in [-0.39, 0.29) is 5.91 Å². The fourth-order valence-corrected chi connectivity index (χ4v) is 1.84. The summed E-state index contributed by atoms with van der Waals surface area (Å²) in [6, 6.07) is 12.4. The molecule has 0 saturated heterocycles. The van der Waals surface area contributed by atoms with E-state index in [1.165, 1.54) is 6.08 Å². The molecule has 0 unspecified atom stereocenters. The van der Waals surface area contributed by atoms with Crippen molar-refractivity contribution in [3.05, 3.63) is 54.1 Å². The SMILES string of the molecule is COc1cc(NC(=O)/C=C/c2ccc(N)cc2)cc(OC)c1. The van der Waals surface area contributed by atoms with Crippen LogP contribution in [0.4, 0.5) is 11.4 Å². The number of nitrogens with two attached hydrogens (primary N) is 1. The van der Waals surface area contributed by atoms with E-state index >= 15 is 0 Å². The van der Waals surface area contributed by atoms with Gasteiger partial charge in [-0.15, -0.1) is 0 Å². The fraction of sp³-hybridized carbons (Fsp3) is 0.118. The summed E-state index contributed by atoms with van der Waals surface area (Å²) in [5.74, 6) is 0.974. The number of nitrogen functional groups attached to an aromatic ring is 1. The molecule has 0 bridgehead atoms. The number of hydrogen-bond acceptors (Lipinski definition) is 4. The maximum atomic E-state index is 11.9. The van der Waals surface area contributed by atoms with Crippen molar-refractivity contribution in [1.82, 2.24) is 0 Å². The van der Waals surface area contributed by atoms with Crippen LogP contribution in [0.5, 0.6) is 11.5 Å². The topological polar surface area (TPSA) is 73.6 Å². The highest BCUT2D eigenvalue weighted by Gasteiger charge is 2.04. The highest BCUT2D eigenvalue weighted by Crippen LogP contribution is 2.25. The van der Waals surface area contributed by atoms with Gasteiger partial charge in [-0.2, -0.15) is 0 Å². The van der Waals surface area contributed by atoms with E-state index in [1.807, 2.05) is 12.1 Å². The van der Waals surface area contributed by atoms with E-state index < -0.39 is 0 Å². The van der Waals surface area contributed by atoms with Crippen molar-refractivity contribution in [2.24, 2.45) is 0 Å². The standard InChI is InChI=1S/C17H18N2O3/c1-21-15-9-14(10-16(11-15)22-2)19-17(20)8-5-12-3-6-13(18)7-4-12/h3-11H,18H2,1-2H3,(H,19,20)/b8-5+. The second-order valence-corrected chi connectivity index (χ2v) is 4.59. The van der Waals surface area contributed by atoms with E-state index in [0.29, 0.717) is 22.9 Å². The summed E-state index contributed by atoms with van der Waals surface area (Å²) in [6.45, 7) is 0. The molecule has 0 heterocycles. The molecule has 22 heavy (non-hydrogen) atoms. The van der Waals surface area contributed by atoms with Gasteiger partial charge in [0.25, 0.3) is 0 Å². The molecule has 2 aromatic carbocycles. The van der Waals surface area contributed by atoms with E-state index in [9.17, 15) is 4.79 Å². The van der Waals surface area contributed by atoms with Gasteiger partial charge in [0.1, 0.15) is 11.5 Å². The number of anilines is 2. The monoisotopic (exact) mass is 298 g/mol. The Morgan fingerprint density at radius 2 is 1.64 bits per heavy atom. The molecule has 0 aromatic heterocycles. The van der Waals surface area contributed by atoms with Crippen LogP contribution in [-0.2, 0) is 4.79 Å². The first kappa shape index (κ1) is 15.4. The Kier molecular flexibility index (Phi) is 5.03. The number of ether oxygens (including phenoxy) is 2. The molecule has 5 nitrogen and oxygen atoms in total. The molecule has 0 radical (unpaired) electrons. The van der Waals surface area contributed by atoms with Crippen molar-refractivity contribution >= 4 is 23.4 Å². The summed E-state index contributed by atoms with van der Waals surface area (Å²) in [5, 5.41) is 2.76. The average molecular weight is 298 g/mol. The van der Waals surface area contributed by atoms with Crippen molar-refractivity contribution in [2.45, 2.75) is 0 Å².